The molecule has 0 aliphatic rings. The molecular weight excluding hydrogens is 392 g/mol. The number of ether oxygens (including phenoxy) is 2. The predicted octanol–water partition coefficient (Wildman–Crippen LogP) is 3.62. The number of hydrogen-bond acceptors (Lipinski definition) is 5. The molecule has 0 aliphatic heterocycles. The molecule has 0 radical (unpaired) electrons. The number of hydrogen-bond donors (Lipinski definition) is 1. The second-order valence-corrected chi connectivity index (χ2v) is 6.14. The van der Waals surface area contributed by atoms with Crippen molar-refractivity contribution in [2.24, 2.45) is 0 Å². The van der Waals surface area contributed by atoms with Crippen molar-refractivity contribution < 1.29 is 19.2 Å². The molecule has 2 aromatic carbocycles. The van der Waals surface area contributed by atoms with Gasteiger partial charge in [-0.15, -0.1) is 0 Å². The molecule has 0 fully saturated rings. The lowest BCUT2D eigenvalue weighted by atomic mass is 10.1. The molecule has 1 unspecified atom stereocenters. The quantitative estimate of drug-likeness (QED) is 0.557. The Balaban J connectivity index is 1.97. The van der Waals surface area contributed by atoms with Gasteiger partial charge in [0.25, 0.3) is 5.91 Å². The maximum absolute atomic E-state index is 12.0. The minimum absolute atomic E-state index is 0.0113. The van der Waals surface area contributed by atoms with Crippen LogP contribution in [0.1, 0.15) is 18.5 Å². The van der Waals surface area contributed by atoms with E-state index in [0.29, 0.717) is 5.75 Å². The fourth-order valence-corrected chi connectivity index (χ4v) is 2.41. The van der Waals surface area contributed by atoms with Gasteiger partial charge in [-0.05, 0) is 36.8 Å². The molecule has 0 saturated heterocycles. The molecule has 1 N–H and O–H groups in total. The summed E-state index contributed by atoms with van der Waals surface area (Å²) in [6, 6.07) is 11.5. The monoisotopic (exact) mass is 408 g/mol. The minimum Gasteiger partial charge on any atom is -0.496 e. The smallest absolute Gasteiger partial charge is 0.314 e. The lowest BCUT2D eigenvalue weighted by molar-refractivity contribution is -0.385. The van der Waals surface area contributed by atoms with Crippen LogP contribution in [0.2, 0.25) is 0 Å². The molecule has 0 saturated carbocycles. The number of carbonyl (C=O) groups excluding carboxylic acids is 1. The van der Waals surface area contributed by atoms with Crippen LogP contribution in [0, 0.1) is 10.1 Å². The summed E-state index contributed by atoms with van der Waals surface area (Å²) in [5.41, 5.74) is 0.681. The van der Waals surface area contributed by atoms with Crippen LogP contribution < -0.4 is 14.8 Å². The van der Waals surface area contributed by atoms with Crippen LogP contribution in [0.25, 0.3) is 0 Å². The maximum atomic E-state index is 12.0. The Morgan fingerprint density at radius 2 is 1.96 bits per heavy atom. The first kappa shape index (κ1) is 18.7. The van der Waals surface area contributed by atoms with E-state index in [2.05, 4.69) is 21.2 Å². The van der Waals surface area contributed by atoms with Crippen molar-refractivity contribution in [2.45, 2.75) is 13.0 Å². The van der Waals surface area contributed by atoms with E-state index in [1.54, 1.807) is 0 Å². The number of benzene rings is 2. The standard InChI is InChI=1S/C17H17BrN2O5/c1-11(12-3-5-13(18)6-4-12)19-17(21)10-25-16-8-7-14(24-2)9-15(16)20(22)23/h3-9,11H,10H2,1-2H3,(H,19,21). The molecule has 0 aromatic heterocycles. The first-order chi connectivity index (χ1) is 11.9. The van der Waals surface area contributed by atoms with E-state index in [1.807, 2.05) is 31.2 Å². The molecule has 0 aliphatic carbocycles. The number of amides is 1. The Morgan fingerprint density at radius 1 is 1.28 bits per heavy atom. The van der Waals surface area contributed by atoms with Crippen molar-refractivity contribution in [1.82, 2.24) is 5.32 Å². The topological polar surface area (TPSA) is 90.7 Å². The molecule has 2 aromatic rings. The summed E-state index contributed by atoms with van der Waals surface area (Å²) in [6.07, 6.45) is 0. The summed E-state index contributed by atoms with van der Waals surface area (Å²) < 4.78 is 11.2. The fraction of sp³-hybridized carbons (Fsp3) is 0.235. The third-order valence-corrected chi connectivity index (χ3v) is 4.00. The largest absolute Gasteiger partial charge is 0.496 e. The second-order valence-electron chi connectivity index (χ2n) is 5.22. The van der Waals surface area contributed by atoms with Crippen molar-refractivity contribution in [2.75, 3.05) is 13.7 Å². The van der Waals surface area contributed by atoms with E-state index in [9.17, 15) is 14.9 Å². The van der Waals surface area contributed by atoms with Crippen LogP contribution in [-0.2, 0) is 4.79 Å². The highest BCUT2D eigenvalue weighted by atomic mass is 79.9. The highest BCUT2D eigenvalue weighted by Gasteiger charge is 2.18. The molecule has 0 bridgehead atoms. The van der Waals surface area contributed by atoms with Crippen LogP contribution >= 0.6 is 15.9 Å². The summed E-state index contributed by atoms with van der Waals surface area (Å²) >= 11 is 3.35. The van der Waals surface area contributed by atoms with E-state index >= 15 is 0 Å². The molecule has 2 rings (SSSR count). The highest BCUT2D eigenvalue weighted by Crippen LogP contribution is 2.30. The number of halogens is 1. The minimum atomic E-state index is -0.583. The van der Waals surface area contributed by atoms with Crippen LogP contribution in [0.15, 0.2) is 46.9 Å². The molecule has 1 atom stereocenters. The second kappa shape index (κ2) is 8.48. The number of nitro benzene ring substituents is 1. The van der Waals surface area contributed by atoms with Crippen molar-refractivity contribution in [3.8, 4) is 11.5 Å². The van der Waals surface area contributed by atoms with Gasteiger partial charge in [0.05, 0.1) is 24.1 Å². The van der Waals surface area contributed by atoms with Gasteiger partial charge in [-0.25, -0.2) is 0 Å². The Bertz CT molecular complexity index is 764. The van der Waals surface area contributed by atoms with Gasteiger partial charge in [0.15, 0.2) is 12.4 Å². The van der Waals surface area contributed by atoms with Gasteiger partial charge in [0, 0.05) is 4.47 Å². The third kappa shape index (κ3) is 5.18. The van der Waals surface area contributed by atoms with E-state index < -0.39 is 4.92 Å². The average Bonchev–Trinajstić information content (AvgIpc) is 2.60. The number of nitrogens with one attached hydrogen (secondary N) is 1. The summed E-state index contributed by atoms with van der Waals surface area (Å²) in [6.45, 7) is 1.52. The van der Waals surface area contributed by atoms with Gasteiger partial charge in [-0.1, -0.05) is 28.1 Å². The van der Waals surface area contributed by atoms with Crippen LogP contribution in [-0.4, -0.2) is 24.5 Å². The van der Waals surface area contributed by atoms with E-state index in [1.165, 1.54) is 25.3 Å². The summed E-state index contributed by atoms with van der Waals surface area (Å²) in [4.78, 5) is 22.5. The zero-order valence-electron chi connectivity index (χ0n) is 13.7. The van der Waals surface area contributed by atoms with Crippen molar-refractivity contribution in [3.63, 3.8) is 0 Å². The summed E-state index contributed by atoms with van der Waals surface area (Å²) in [5, 5.41) is 13.9. The maximum Gasteiger partial charge on any atom is 0.314 e. The van der Waals surface area contributed by atoms with E-state index in [0.717, 1.165) is 10.0 Å². The number of methoxy groups -OCH3 is 1. The third-order valence-electron chi connectivity index (χ3n) is 3.47. The normalized spacial score (nSPS) is 11.5. The zero-order valence-corrected chi connectivity index (χ0v) is 15.3. The molecule has 1 amide bonds. The van der Waals surface area contributed by atoms with E-state index in [-0.39, 0.29) is 30.0 Å². The lowest BCUT2D eigenvalue weighted by Gasteiger charge is -2.15. The first-order valence-corrected chi connectivity index (χ1v) is 8.20. The van der Waals surface area contributed by atoms with Crippen LogP contribution in [0.4, 0.5) is 5.69 Å². The number of nitrogens with zero attached hydrogens (tertiary/aromatic N) is 1. The Hall–Kier alpha value is -2.61. The van der Waals surface area contributed by atoms with Crippen molar-refractivity contribution in [1.29, 1.82) is 0 Å². The molecule has 0 heterocycles. The highest BCUT2D eigenvalue weighted by molar-refractivity contribution is 9.10. The van der Waals surface area contributed by atoms with Gasteiger partial charge in [0.2, 0.25) is 0 Å². The predicted molar refractivity (Wildman–Crippen MR) is 95.8 cm³/mol. The van der Waals surface area contributed by atoms with Gasteiger partial charge < -0.3 is 14.8 Å². The molecule has 0 spiro atoms. The summed E-state index contributed by atoms with van der Waals surface area (Å²) in [7, 11) is 1.41. The number of nitro groups is 1. The average molecular weight is 409 g/mol. The van der Waals surface area contributed by atoms with E-state index in [4.69, 9.17) is 9.47 Å². The number of carbonyl (C=O) groups is 1. The molecule has 25 heavy (non-hydrogen) atoms. The summed E-state index contributed by atoms with van der Waals surface area (Å²) in [5.74, 6) is -0.0230. The fourth-order valence-electron chi connectivity index (χ4n) is 2.15. The van der Waals surface area contributed by atoms with Gasteiger partial charge in [0.1, 0.15) is 5.75 Å². The van der Waals surface area contributed by atoms with Crippen molar-refractivity contribution >= 4 is 27.5 Å². The molecule has 8 heteroatoms. The van der Waals surface area contributed by atoms with Crippen LogP contribution in [0.3, 0.4) is 0 Å². The Kier molecular flexibility index (Phi) is 6.35. The van der Waals surface area contributed by atoms with Gasteiger partial charge >= 0.3 is 5.69 Å². The molecule has 132 valence electrons. The van der Waals surface area contributed by atoms with Crippen LogP contribution in [0.5, 0.6) is 11.5 Å². The SMILES string of the molecule is COc1ccc(OCC(=O)NC(C)c2ccc(Br)cc2)c([N+](=O)[O-])c1. The van der Waals surface area contributed by atoms with Crippen molar-refractivity contribution in [3.05, 3.63) is 62.6 Å². The lowest BCUT2D eigenvalue weighted by Crippen LogP contribution is -2.31. The number of rotatable bonds is 7. The zero-order chi connectivity index (χ0) is 18.4. The Labute approximate surface area is 153 Å². The molecule has 7 nitrogen and oxygen atoms in total. The molecular formula is C17H17BrN2O5. The van der Waals surface area contributed by atoms with Gasteiger partial charge in [-0.2, -0.15) is 0 Å². The van der Waals surface area contributed by atoms with Gasteiger partial charge in [-0.3, -0.25) is 14.9 Å². The first-order valence-electron chi connectivity index (χ1n) is 7.40. The Morgan fingerprint density at radius 3 is 2.56 bits per heavy atom.